The second kappa shape index (κ2) is 4.67. The lowest BCUT2D eigenvalue weighted by Gasteiger charge is -2.22. The first-order chi connectivity index (χ1) is 7.11. The van der Waals surface area contributed by atoms with Gasteiger partial charge >= 0.3 is 5.97 Å². The maximum Gasteiger partial charge on any atom is 0.306 e. The van der Waals surface area contributed by atoms with Crippen molar-refractivity contribution in [3.8, 4) is 0 Å². The molecule has 2 radical (unpaired) electrons. The van der Waals surface area contributed by atoms with Gasteiger partial charge in [-0.1, -0.05) is 8.93 Å². The number of aliphatic hydroxyl groups excluding tert-OH is 1. The van der Waals surface area contributed by atoms with Crippen molar-refractivity contribution < 1.29 is 19.2 Å². The molecule has 1 saturated heterocycles. The minimum absolute atomic E-state index is 0.0180. The minimum atomic E-state index is -1.01. The molecule has 0 spiro atoms. The van der Waals surface area contributed by atoms with E-state index in [4.69, 9.17) is 16.8 Å². The summed E-state index contributed by atoms with van der Waals surface area (Å²) in [6.07, 6.45) is 0.896. The Kier molecular flexibility index (Phi) is 3.67. The van der Waals surface area contributed by atoms with Gasteiger partial charge in [-0.05, 0) is 7.72 Å². The molecule has 1 aliphatic carbocycles. The molecular weight excluding hydrogens is 233 g/mol. The van der Waals surface area contributed by atoms with E-state index in [1.165, 1.54) is 0 Å². The van der Waals surface area contributed by atoms with Crippen LogP contribution in [0.2, 0.25) is 0 Å². The summed E-state index contributed by atoms with van der Waals surface area (Å²) in [5.41, 5.74) is 0. The fourth-order valence-corrected chi connectivity index (χ4v) is 3.51. The predicted molar refractivity (Wildman–Crippen MR) is 60.4 cm³/mol. The molecule has 0 aromatic rings. The molecule has 2 fully saturated rings. The van der Waals surface area contributed by atoms with E-state index in [0.29, 0.717) is 12.8 Å². The van der Waals surface area contributed by atoms with Crippen LogP contribution in [0.15, 0.2) is 0 Å². The van der Waals surface area contributed by atoms with Gasteiger partial charge in [0.2, 0.25) is 0 Å². The first-order valence-electron chi connectivity index (χ1n) is 4.88. The molecule has 0 aromatic carbocycles. The third-order valence-corrected chi connectivity index (χ3v) is 4.00. The van der Waals surface area contributed by atoms with Gasteiger partial charge in [0, 0.05) is 24.9 Å². The van der Waals surface area contributed by atoms with Crippen molar-refractivity contribution in [1.82, 2.24) is 0 Å². The molecule has 15 heavy (non-hydrogen) atoms. The van der Waals surface area contributed by atoms with Crippen LogP contribution >= 0.6 is 16.6 Å². The number of hydrogen-bond acceptors (Lipinski definition) is 4. The Morgan fingerprint density at radius 3 is 3.07 bits per heavy atom. The topological polar surface area (TPSA) is 55.8 Å². The van der Waals surface area contributed by atoms with E-state index >= 15 is 0 Å². The molecule has 7 heteroatoms. The van der Waals surface area contributed by atoms with Gasteiger partial charge in [0.15, 0.2) is 7.57 Å². The molecule has 0 bridgehead atoms. The predicted octanol–water partition coefficient (Wildman–Crippen LogP) is 0.586. The Bertz CT molecular complexity index is 263. The standard InChI is InChI=1S/C8H13BO4P2/c9-15(14)13-7-2-6-4(5(7)3-10)1-8(11)12-6/h4-7,10H,1-3,14H2/t4-,5?,6+,7-,15?/m1/s1. The normalized spacial score (nSPS) is 41.3. The van der Waals surface area contributed by atoms with E-state index in [2.05, 4.69) is 8.93 Å². The summed E-state index contributed by atoms with van der Waals surface area (Å²) < 4.78 is 10.7. The summed E-state index contributed by atoms with van der Waals surface area (Å²) in [7, 11) is 6.99. The third-order valence-electron chi connectivity index (χ3n) is 3.12. The summed E-state index contributed by atoms with van der Waals surface area (Å²) in [5, 5.41) is 9.30. The van der Waals surface area contributed by atoms with Crippen LogP contribution in [0.25, 0.3) is 0 Å². The quantitative estimate of drug-likeness (QED) is 0.449. The highest BCUT2D eigenvalue weighted by molar-refractivity contribution is 8.23. The average Bonchev–Trinajstić information content (AvgIpc) is 2.59. The maximum absolute atomic E-state index is 11.1. The molecule has 2 aliphatic rings. The second-order valence-electron chi connectivity index (χ2n) is 3.98. The molecule has 0 aromatic heterocycles. The van der Waals surface area contributed by atoms with Crippen molar-refractivity contribution in [2.24, 2.45) is 11.8 Å². The number of carbonyl (C=O) groups is 1. The second-order valence-corrected chi connectivity index (χ2v) is 6.44. The van der Waals surface area contributed by atoms with Gasteiger partial charge in [0.05, 0.1) is 12.5 Å². The van der Waals surface area contributed by atoms with Gasteiger partial charge < -0.3 is 14.4 Å². The number of aliphatic hydroxyl groups is 1. The van der Waals surface area contributed by atoms with Gasteiger partial charge in [-0.2, -0.15) is 0 Å². The largest absolute Gasteiger partial charge is 0.462 e. The minimum Gasteiger partial charge on any atom is -0.462 e. The molecule has 1 N–H and O–H groups in total. The highest BCUT2D eigenvalue weighted by Gasteiger charge is 2.50. The fraction of sp³-hybridized carbons (Fsp3) is 0.875. The Hall–Kier alpha value is 0.315. The highest BCUT2D eigenvalue weighted by Crippen LogP contribution is 2.49. The van der Waals surface area contributed by atoms with Crippen LogP contribution in [0.4, 0.5) is 0 Å². The summed E-state index contributed by atoms with van der Waals surface area (Å²) in [6.45, 7) is 0.0241. The van der Waals surface area contributed by atoms with E-state index in [0.717, 1.165) is 0 Å². The SMILES string of the molecule is [B]P(P)O[C@@H]1C[C@@H]2OC(=O)C[C@@H]2C1CO. The van der Waals surface area contributed by atoms with Crippen LogP contribution in [-0.4, -0.2) is 37.5 Å². The van der Waals surface area contributed by atoms with E-state index in [-0.39, 0.29) is 36.6 Å². The first kappa shape index (κ1) is 11.8. The zero-order chi connectivity index (χ0) is 11.0. The number of carbonyl (C=O) groups excluding carboxylic acids is 1. The Morgan fingerprint density at radius 2 is 2.47 bits per heavy atom. The molecule has 1 saturated carbocycles. The van der Waals surface area contributed by atoms with Gasteiger partial charge in [0.25, 0.3) is 0 Å². The molecule has 1 heterocycles. The van der Waals surface area contributed by atoms with Crippen LogP contribution in [0.1, 0.15) is 12.8 Å². The van der Waals surface area contributed by atoms with Crippen LogP contribution in [-0.2, 0) is 14.1 Å². The molecule has 3 unspecified atom stereocenters. The van der Waals surface area contributed by atoms with Crippen molar-refractivity contribution >= 4 is 30.2 Å². The number of esters is 1. The molecule has 82 valence electrons. The lowest BCUT2D eigenvalue weighted by Crippen LogP contribution is -2.24. The van der Waals surface area contributed by atoms with E-state index in [1.54, 1.807) is 0 Å². The van der Waals surface area contributed by atoms with Crippen LogP contribution < -0.4 is 0 Å². The Morgan fingerprint density at radius 1 is 1.73 bits per heavy atom. The van der Waals surface area contributed by atoms with Crippen LogP contribution in [0.5, 0.6) is 0 Å². The van der Waals surface area contributed by atoms with Crippen molar-refractivity contribution in [2.75, 3.05) is 6.61 Å². The molecule has 4 nitrogen and oxygen atoms in total. The van der Waals surface area contributed by atoms with Crippen molar-refractivity contribution in [2.45, 2.75) is 25.0 Å². The summed E-state index contributed by atoms with van der Waals surface area (Å²) in [5.74, 6) is -0.0780. The zero-order valence-corrected chi connectivity index (χ0v) is 10.3. The molecule has 1 aliphatic heterocycles. The lowest BCUT2D eigenvalue weighted by molar-refractivity contribution is -0.141. The van der Waals surface area contributed by atoms with Crippen molar-refractivity contribution in [3.05, 3.63) is 0 Å². The monoisotopic (exact) mass is 246 g/mol. The molecule has 2 rings (SSSR count). The summed E-state index contributed by atoms with van der Waals surface area (Å²) in [4.78, 5) is 11.1. The van der Waals surface area contributed by atoms with Crippen LogP contribution in [0, 0.1) is 11.8 Å². The number of fused-ring (bicyclic) bond motifs is 1. The highest BCUT2D eigenvalue weighted by atomic mass is 32.0. The maximum atomic E-state index is 11.1. The summed E-state index contributed by atoms with van der Waals surface area (Å²) >= 11 is 0. The summed E-state index contributed by atoms with van der Waals surface area (Å²) in [6, 6.07) is 0. The van der Waals surface area contributed by atoms with Gasteiger partial charge in [-0.15, -0.1) is 0 Å². The van der Waals surface area contributed by atoms with E-state index < -0.39 is 7.72 Å². The fourth-order valence-electron chi connectivity index (χ4n) is 2.49. The lowest BCUT2D eigenvalue weighted by atomic mass is 9.93. The third kappa shape index (κ3) is 2.36. The first-order valence-corrected chi connectivity index (χ1v) is 7.83. The molecule has 6 atom stereocenters. The number of rotatable bonds is 3. The van der Waals surface area contributed by atoms with Gasteiger partial charge in [-0.3, -0.25) is 4.79 Å². The van der Waals surface area contributed by atoms with Crippen LogP contribution in [0.3, 0.4) is 0 Å². The Labute approximate surface area is 93.4 Å². The smallest absolute Gasteiger partial charge is 0.306 e. The molecular formula is C8H13BO4P2. The van der Waals surface area contributed by atoms with Gasteiger partial charge in [-0.25, -0.2) is 0 Å². The number of ether oxygens (including phenoxy) is 1. The van der Waals surface area contributed by atoms with E-state index in [9.17, 15) is 9.90 Å². The van der Waals surface area contributed by atoms with E-state index in [1.807, 2.05) is 0 Å². The Balaban J connectivity index is 2.03. The molecule has 0 amide bonds. The zero-order valence-electron chi connectivity index (χ0n) is 8.20. The number of hydrogen-bond donors (Lipinski definition) is 1. The van der Waals surface area contributed by atoms with Crippen molar-refractivity contribution in [3.63, 3.8) is 0 Å². The van der Waals surface area contributed by atoms with Crippen molar-refractivity contribution in [1.29, 1.82) is 0 Å². The van der Waals surface area contributed by atoms with Gasteiger partial charge in [0.1, 0.15) is 6.10 Å². The average molecular weight is 246 g/mol.